The molecule has 0 amide bonds. The summed E-state index contributed by atoms with van der Waals surface area (Å²) >= 11 is 0. The van der Waals surface area contributed by atoms with Crippen molar-refractivity contribution in [2.24, 2.45) is 5.92 Å². The van der Waals surface area contributed by atoms with Crippen molar-refractivity contribution in [1.29, 1.82) is 0 Å². The van der Waals surface area contributed by atoms with E-state index in [9.17, 15) is 4.79 Å². The van der Waals surface area contributed by atoms with Gasteiger partial charge in [0.05, 0.1) is 5.69 Å². The zero-order valence-corrected chi connectivity index (χ0v) is 11.4. The zero-order chi connectivity index (χ0) is 13.2. The summed E-state index contributed by atoms with van der Waals surface area (Å²) in [4.78, 5) is 16.7. The van der Waals surface area contributed by atoms with E-state index in [0.29, 0.717) is 24.8 Å². The van der Waals surface area contributed by atoms with E-state index in [1.54, 1.807) is 4.57 Å². The molecule has 0 aliphatic rings. The predicted molar refractivity (Wildman–Crippen MR) is 71.2 cm³/mol. The van der Waals surface area contributed by atoms with Gasteiger partial charge in [0.25, 0.3) is 5.56 Å². The highest BCUT2D eigenvalue weighted by Gasteiger charge is 2.16. The molecule has 0 bridgehead atoms. The highest BCUT2D eigenvalue weighted by Crippen LogP contribution is 2.16. The van der Waals surface area contributed by atoms with E-state index >= 15 is 0 Å². The van der Waals surface area contributed by atoms with Crippen LogP contribution in [0.4, 0.5) is 5.95 Å². The van der Waals surface area contributed by atoms with Gasteiger partial charge in [0, 0.05) is 12.1 Å². The zero-order valence-electron chi connectivity index (χ0n) is 11.4. The first-order chi connectivity index (χ1) is 7.88. The van der Waals surface area contributed by atoms with Crippen LogP contribution in [0.3, 0.4) is 0 Å². The summed E-state index contributed by atoms with van der Waals surface area (Å²) in [7, 11) is 0. The van der Waals surface area contributed by atoms with Crippen molar-refractivity contribution >= 4 is 5.95 Å². The number of hydrogen-bond acceptors (Lipinski definition) is 3. The molecule has 0 atom stereocenters. The van der Waals surface area contributed by atoms with Crippen molar-refractivity contribution in [3.05, 3.63) is 21.6 Å². The maximum Gasteiger partial charge on any atom is 0.258 e. The van der Waals surface area contributed by atoms with Crippen molar-refractivity contribution in [3.63, 3.8) is 0 Å². The third-order valence-corrected chi connectivity index (χ3v) is 2.77. The van der Waals surface area contributed by atoms with Gasteiger partial charge in [-0.15, -0.1) is 0 Å². The molecule has 96 valence electrons. The molecule has 1 rings (SSSR count). The molecule has 4 nitrogen and oxygen atoms in total. The predicted octanol–water partition coefficient (Wildman–Crippen LogP) is 2.17. The molecule has 0 radical (unpaired) electrons. The minimum Gasteiger partial charge on any atom is -0.369 e. The van der Waals surface area contributed by atoms with Crippen LogP contribution >= 0.6 is 0 Å². The van der Waals surface area contributed by atoms with Gasteiger partial charge in [0.15, 0.2) is 0 Å². The fourth-order valence-corrected chi connectivity index (χ4v) is 1.98. The molecular formula is C13H23N3O. The monoisotopic (exact) mass is 237 g/mol. The molecule has 1 aromatic heterocycles. The van der Waals surface area contributed by atoms with E-state index in [2.05, 4.69) is 18.8 Å². The molecule has 0 aliphatic carbocycles. The van der Waals surface area contributed by atoms with Gasteiger partial charge < -0.3 is 5.73 Å². The highest BCUT2D eigenvalue weighted by molar-refractivity contribution is 5.29. The van der Waals surface area contributed by atoms with Gasteiger partial charge in [0.2, 0.25) is 5.95 Å². The molecule has 2 N–H and O–H groups in total. The fraction of sp³-hybridized carbons (Fsp3) is 0.692. The van der Waals surface area contributed by atoms with E-state index in [1.807, 2.05) is 20.8 Å². The Morgan fingerprint density at radius 3 is 2.29 bits per heavy atom. The Morgan fingerprint density at radius 2 is 1.88 bits per heavy atom. The average molecular weight is 237 g/mol. The first-order valence-electron chi connectivity index (χ1n) is 6.27. The molecular weight excluding hydrogens is 214 g/mol. The summed E-state index contributed by atoms with van der Waals surface area (Å²) in [5.41, 5.74) is 7.55. The summed E-state index contributed by atoms with van der Waals surface area (Å²) in [6.45, 7) is 10.8. The lowest BCUT2D eigenvalue weighted by molar-refractivity contribution is 0.506. The molecule has 17 heavy (non-hydrogen) atoms. The minimum atomic E-state index is 0.0254. The first-order valence-corrected chi connectivity index (χ1v) is 6.27. The standard InChI is InChI=1S/C13H23N3O/c1-6-10-11(9(4)5)15-13(14)16(12(10)17)7-8(2)3/h8-9H,6-7H2,1-5H3,(H2,14,15). The lowest BCUT2D eigenvalue weighted by Crippen LogP contribution is -2.31. The number of nitrogen functional groups attached to an aromatic ring is 1. The Labute approximate surface area is 103 Å². The number of nitrogens with two attached hydrogens (primary N) is 1. The SMILES string of the molecule is CCc1c(C(C)C)nc(N)n(CC(C)C)c1=O. The van der Waals surface area contributed by atoms with Crippen molar-refractivity contribution in [2.45, 2.75) is 53.5 Å². The van der Waals surface area contributed by atoms with Gasteiger partial charge in [-0.3, -0.25) is 9.36 Å². The van der Waals surface area contributed by atoms with E-state index in [1.165, 1.54) is 0 Å². The van der Waals surface area contributed by atoms with Gasteiger partial charge in [-0.05, 0) is 18.3 Å². The Hall–Kier alpha value is -1.32. The summed E-state index contributed by atoms with van der Waals surface area (Å²) in [6, 6.07) is 0. The maximum atomic E-state index is 12.3. The van der Waals surface area contributed by atoms with E-state index in [4.69, 9.17) is 5.73 Å². The Morgan fingerprint density at radius 1 is 1.29 bits per heavy atom. The first kappa shape index (κ1) is 13.7. The van der Waals surface area contributed by atoms with Crippen molar-refractivity contribution in [1.82, 2.24) is 9.55 Å². The van der Waals surface area contributed by atoms with Gasteiger partial charge >= 0.3 is 0 Å². The summed E-state index contributed by atoms with van der Waals surface area (Å²) in [5, 5.41) is 0. The van der Waals surface area contributed by atoms with Crippen LogP contribution in [-0.2, 0) is 13.0 Å². The summed E-state index contributed by atoms with van der Waals surface area (Å²) in [6.07, 6.45) is 0.706. The third kappa shape index (κ3) is 2.87. The van der Waals surface area contributed by atoms with E-state index in [0.717, 1.165) is 11.3 Å². The molecule has 1 aromatic rings. The van der Waals surface area contributed by atoms with E-state index in [-0.39, 0.29) is 11.5 Å². The smallest absolute Gasteiger partial charge is 0.258 e. The van der Waals surface area contributed by atoms with Crippen LogP contribution in [0.25, 0.3) is 0 Å². The quantitative estimate of drug-likeness (QED) is 0.873. The van der Waals surface area contributed by atoms with Gasteiger partial charge in [-0.2, -0.15) is 0 Å². The topological polar surface area (TPSA) is 60.9 Å². The normalized spacial score (nSPS) is 11.5. The van der Waals surface area contributed by atoms with Crippen LogP contribution in [0, 0.1) is 5.92 Å². The summed E-state index contributed by atoms with van der Waals surface area (Å²) < 4.78 is 1.59. The second kappa shape index (κ2) is 5.34. The van der Waals surface area contributed by atoms with Crippen LogP contribution in [-0.4, -0.2) is 9.55 Å². The molecule has 4 heteroatoms. The second-order valence-corrected chi connectivity index (χ2v) is 5.15. The Bertz CT molecular complexity index is 447. The lowest BCUT2D eigenvalue weighted by Gasteiger charge is -2.17. The molecule has 0 spiro atoms. The fourth-order valence-electron chi connectivity index (χ4n) is 1.98. The maximum absolute atomic E-state index is 12.3. The Kier molecular flexibility index (Phi) is 4.32. The average Bonchev–Trinajstić information content (AvgIpc) is 2.23. The van der Waals surface area contributed by atoms with Crippen LogP contribution in [0.15, 0.2) is 4.79 Å². The largest absolute Gasteiger partial charge is 0.369 e. The molecule has 0 aromatic carbocycles. The number of aromatic nitrogens is 2. The molecule has 0 saturated heterocycles. The van der Waals surface area contributed by atoms with Crippen LogP contribution in [0.5, 0.6) is 0 Å². The van der Waals surface area contributed by atoms with Crippen molar-refractivity contribution in [3.8, 4) is 0 Å². The molecule has 0 aliphatic heterocycles. The lowest BCUT2D eigenvalue weighted by atomic mass is 10.0. The Balaban J connectivity index is 3.41. The van der Waals surface area contributed by atoms with Crippen LogP contribution in [0.1, 0.15) is 51.8 Å². The van der Waals surface area contributed by atoms with Crippen molar-refractivity contribution in [2.75, 3.05) is 5.73 Å². The summed E-state index contributed by atoms with van der Waals surface area (Å²) in [5.74, 6) is 0.949. The minimum absolute atomic E-state index is 0.0254. The highest BCUT2D eigenvalue weighted by atomic mass is 16.1. The molecule has 1 heterocycles. The molecule has 0 unspecified atom stereocenters. The van der Waals surface area contributed by atoms with Crippen molar-refractivity contribution < 1.29 is 0 Å². The van der Waals surface area contributed by atoms with Crippen LogP contribution < -0.4 is 11.3 Å². The number of anilines is 1. The second-order valence-electron chi connectivity index (χ2n) is 5.15. The number of rotatable bonds is 4. The number of nitrogens with zero attached hydrogens (tertiary/aromatic N) is 2. The molecule has 0 fully saturated rings. The third-order valence-electron chi connectivity index (χ3n) is 2.77. The van der Waals surface area contributed by atoms with Crippen LogP contribution in [0.2, 0.25) is 0 Å². The van der Waals surface area contributed by atoms with Gasteiger partial charge in [-0.1, -0.05) is 34.6 Å². The van der Waals surface area contributed by atoms with E-state index < -0.39 is 0 Å². The van der Waals surface area contributed by atoms with Gasteiger partial charge in [0.1, 0.15) is 0 Å². The van der Waals surface area contributed by atoms with Gasteiger partial charge in [-0.25, -0.2) is 4.98 Å². The molecule has 0 saturated carbocycles. The number of hydrogen-bond donors (Lipinski definition) is 1.